The zero-order chi connectivity index (χ0) is 16.3. The summed E-state index contributed by atoms with van der Waals surface area (Å²) in [5.74, 6) is 0.476. The molecule has 4 nitrogen and oxygen atoms in total. The van der Waals surface area contributed by atoms with Gasteiger partial charge in [0.05, 0.1) is 19.8 Å². The number of rotatable bonds is 5. The minimum atomic E-state index is -0.469. The highest BCUT2D eigenvalue weighted by molar-refractivity contribution is 5.38. The third-order valence-corrected chi connectivity index (χ3v) is 4.71. The van der Waals surface area contributed by atoms with E-state index in [9.17, 15) is 0 Å². The summed E-state index contributed by atoms with van der Waals surface area (Å²) in [6.07, 6.45) is 4.96. The molecule has 3 rings (SSSR count). The number of nitrogens with zero attached hydrogens (tertiary/aromatic N) is 1. The van der Waals surface area contributed by atoms with Gasteiger partial charge in [0.15, 0.2) is 5.79 Å². The van der Waals surface area contributed by atoms with Crippen molar-refractivity contribution in [2.24, 2.45) is 0 Å². The van der Waals surface area contributed by atoms with Crippen molar-refractivity contribution >= 4 is 0 Å². The SMILES string of the molecule is COc1ccc(CN2CCCCC2)cc1CC1COC(C)(C)O1. The van der Waals surface area contributed by atoms with Crippen molar-refractivity contribution < 1.29 is 14.2 Å². The van der Waals surface area contributed by atoms with Gasteiger partial charge in [0, 0.05) is 13.0 Å². The van der Waals surface area contributed by atoms with Crippen LogP contribution < -0.4 is 4.74 Å². The van der Waals surface area contributed by atoms with Gasteiger partial charge in [0.2, 0.25) is 0 Å². The zero-order valence-corrected chi connectivity index (χ0v) is 14.6. The Balaban J connectivity index is 1.68. The number of hydrogen-bond donors (Lipinski definition) is 0. The van der Waals surface area contributed by atoms with E-state index in [0.29, 0.717) is 6.61 Å². The van der Waals surface area contributed by atoms with Gasteiger partial charge in [-0.3, -0.25) is 4.90 Å². The van der Waals surface area contributed by atoms with Crippen molar-refractivity contribution in [3.8, 4) is 5.75 Å². The fraction of sp³-hybridized carbons (Fsp3) is 0.684. The van der Waals surface area contributed by atoms with Gasteiger partial charge in [-0.15, -0.1) is 0 Å². The molecule has 23 heavy (non-hydrogen) atoms. The number of methoxy groups -OCH3 is 1. The van der Waals surface area contributed by atoms with Crippen LogP contribution in [0.3, 0.4) is 0 Å². The molecule has 0 bridgehead atoms. The van der Waals surface area contributed by atoms with Crippen LogP contribution in [0, 0.1) is 0 Å². The van der Waals surface area contributed by atoms with Crippen LogP contribution in [0.2, 0.25) is 0 Å². The Morgan fingerprint density at radius 1 is 1.22 bits per heavy atom. The Morgan fingerprint density at radius 2 is 2.00 bits per heavy atom. The normalized spacial score (nSPS) is 24.7. The van der Waals surface area contributed by atoms with Crippen LogP contribution in [-0.4, -0.2) is 43.6 Å². The lowest BCUT2D eigenvalue weighted by Crippen LogP contribution is -2.29. The number of likely N-dealkylation sites (tertiary alicyclic amines) is 1. The van der Waals surface area contributed by atoms with Gasteiger partial charge in [-0.2, -0.15) is 0 Å². The molecule has 1 aromatic carbocycles. The monoisotopic (exact) mass is 319 g/mol. The van der Waals surface area contributed by atoms with E-state index in [1.807, 2.05) is 13.8 Å². The fourth-order valence-corrected chi connectivity index (χ4v) is 3.57. The molecule has 128 valence electrons. The van der Waals surface area contributed by atoms with Crippen molar-refractivity contribution in [3.63, 3.8) is 0 Å². The molecule has 2 heterocycles. The minimum absolute atomic E-state index is 0.101. The van der Waals surface area contributed by atoms with E-state index in [0.717, 1.165) is 18.7 Å². The van der Waals surface area contributed by atoms with Gasteiger partial charge in [-0.05, 0) is 57.0 Å². The molecule has 2 aliphatic rings. The Labute approximate surface area is 139 Å². The zero-order valence-electron chi connectivity index (χ0n) is 14.6. The van der Waals surface area contributed by atoms with Gasteiger partial charge in [0.1, 0.15) is 5.75 Å². The summed E-state index contributed by atoms with van der Waals surface area (Å²) >= 11 is 0. The maximum Gasteiger partial charge on any atom is 0.163 e. The third kappa shape index (κ3) is 4.46. The molecular weight excluding hydrogens is 290 g/mol. The van der Waals surface area contributed by atoms with Gasteiger partial charge in [-0.25, -0.2) is 0 Å². The molecule has 0 spiro atoms. The lowest BCUT2D eigenvalue weighted by Gasteiger charge is -2.26. The molecule has 2 saturated heterocycles. The second-order valence-electron chi connectivity index (χ2n) is 7.14. The first kappa shape index (κ1) is 16.7. The topological polar surface area (TPSA) is 30.9 Å². The van der Waals surface area contributed by atoms with Crippen molar-refractivity contribution in [1.82, 2.24) is 4.90 Å². The van der Waals surface area contributed by atoms with Crippen molar-refractivity contribution in [2.75, 3.05) is 26.8 Å². The highest BCUT2D eigenvalue weighted by atomic mass is 16.7. The summed E-state index contributed by atoms with van der Waals surface area (Å²) in [6, 6.07) is 6.56. The van der Waals surface area contributed by atoms with E-state index in [2.05, 4.69) is 23.1 Å². The van der Waals surface area contributed by atoms with Crippen molar-refractivity contribution in [2.45, 2.75) is 58.0 Å². The second-order valence-corrected chi connectivity index (χ2v) is 7.14. The van der Waals surface area contributed by atoms with E-state index < -0.39 is 5.79 Å². The summed E-state index contributed by atoms with van der Waals surface area (Å²) in [4.78, 5) is 2.55. The minimum Gasteiger partial charge on any atom is -0.496 e. The molecule has 1 unspecified atom stereocenters. The van der Waals surface area contributed by atoms with E-state index in [4.69, 9.17) is 14.2 Å². The first-order valence-corrected chi connectivity index (χ1v) is 8.76. The Hall–Kier alpha value is -1.10. The molecule has 0 amide bonds. The van der Waals surface area contributed by atoms with Gasteiger partial charge >= 0.3 is 0 Å². The maximum absolute atomic E-state index is 5.95. The molecule has 0 aliphatic carbocycles. The molecule has 1 aromatic rings. The highest BCUT2D eigenvalue weighted by Gasteiger charge is 2.33. The Bertz CT molecular complexity index is 523. The van der Waals surface area contributed by atoms with E-state index >= 15 is 0 Å². The van der Waals surface area contributed by atoms with Crippen LogP contribution >= 0.6 is 0 Å². The second kappa shape index (κ2) is 7.20. The number of hydrogen-bond acceptors (Lipinski definition) is 4. The number of ether oxygens (including phenoxy) is 3. The van der Waals surface area contributed by atoms with Crippen LogP contribution in [0.4, 0.5) is 0 Å². The number of piperidine rings is 1. The highest BCUT2D eigenvalue weighted by Crippen LogP contribution is 2.29. The fourth-order valence-electron chi connectivity index (χ4n) is 3.57. The van der Waals surface area contributed by atoms with Gasteiger partial charge in [0.25, 0.3) is 0 Å². The summed E-state index contributed by atoms with van der Waals surface area (Å²) in [7, 11) is 1.74. The number of benzene rings is 1. The van der Waals surface area contributed by atoms with E-state index in [1.54, 1.807) is 7.11 Å². The van der Waals surface area contributed by atoms with Crippen molar-refractivity contribution in [3.05, 3.63) is 29.3 Å². The van der Waals surface area contributed by atoms with Crippen LogP contribution in [0.1, 0.15) is 44.2 Å². The average Bonchev–Trinajstić information content (AvgIpc) is 2.87. The molecular formula is C19H29NO3. The van der Waals surface area contributed by atoms with Gasteiger partial charge < -0.3 is 14.2 Å². The Kier molecular flexibility index (Phi) is 5.24. The lowest BCUT2D eigenvalue weighted by atomic mass is 10.0. The largest absolute Gasteiger partial charge is 0.496 e. The smallest absolute Gasteiger partial charge is 0.163 e. The molecule has 2 aliphatic heterocycles. The molecule has 0 radical (unpaired) electrons. The van der Waals surface area contributed by atoms with Crippen LogP contribution in [0.15, 0.2) is 18.2 Å². The molecule has 0 saturated carbocycles. The third-order valence-electron chi connectivity index (χ3n) is 4.71. The predicted octanol–water partition coefficient (Wildman–Crippen LogP) is 3.38. The lowest BCUT2D eigenvalue weighted by molar-refractivity contribution is -0.138. The summed E-state index contributed by atoms with van der Waals surface area (Å²) in [6.45, 7) is 8.05. The first-order valence-electron chi connectivity index (χ1n) is 8.76. The standard InChI is InChI=1S/C19H29NO3/c1-19(2)22-14-17(23-19)12-16-11-15(7-8-18(16)21-3)13-20-9-5-4-6-10-20/h7-8,11,17H,4-6,9-10,12-14H2,1-3H3. The average molecular weight is 319 g/mol. The molecule has 0 aromatic heterocycles. The predicted molar refractivity (Wildman–Crippen MR) is 90.7 cm³/mol. The summed E-state index contributed by atoms with van der Waals surface area (Å²) < 4.78 is 17.2. The Morgan fingerprint density at radius 3 is 2.65 bits per heavy atom. The van der Waals surface area contributed by atoms with Crippen LogP contribution in [0.25, 0.3) is 0 Å². The van der Waals surface area contributed by atoms with Gasteiger partial charge in [-0.1, -0.05) is 18.6 Å². The quantitative estimate of drug-likeness (QED) is 0.832. The summed E-state index contributed by atoms with van der Waals surface area (Å²) in [5, 5.41) is 0. The van der Waals surface area contributed by atoms with E-state index in [-0.39, 0.29) is 6.10 Å². The maximum atomic E-state index is 5.95. The van der Waals surface area contributed by atoms with Crippen LogP contribution in [-0.2, 0) is 22.4 Å². The molecule has 1 atom stereocenters. The molecule has 2 fully saturated rings. The van der Waals surface area contributed by atoms with Crippen molar-refractivity contribution in [1.29, 1.82) is 0 Å². The first-order chi connectivity index (χ1) is 11.1. The molecule has 0 N–H and O–H groups in total. The van der Waals surface area contributed by atoms with E-state index in [1.165, 1.54) is 43.5 Å². The summed E-state index contributed by atoms with van der Waals surface area (Å²) in [5.41, 5.74) is 2.58. The van der Waals surface area contributed by atoms with Crippen LogP contribution in [0.5, 0.6) is 5.75 Å². The molecule has 4 heteroatoms.